The van der Waals surface area contributed by atoms with Crippen molar-refractivity contribution in [1.29, 1.82) is 0 Å². The highest BCUT2D eigenvalue weighted by Gasteiger charge is 2.14. The van der Waals surface area contributed by atoms with Crippen LogP contribution >= 0.6 is 0 Å². The van der Waals surface area contributed by atoms with E-state index in [-0.39, 0.29) is 30.2 Å². The number of halogens is 1. The van der Waals surface area contributed by atoms with Crippen molar-refractivity contribution in [3.05, 3.63) is 76.6 Å². The van der Waals surface area contributed by atoms with Gasteiger partial charge < -0.3 is 5.11 Å². The second-order valence-electron chi connectivity index (χ2n) is 7.46. The number of allylic oxidation sites excluding steroid dienone is 1. The molecule has 1 nitrogen and oxygen atoms in total. The summed E-state index contributed by atoms with van der Waals surface area (Å²) in [6, 6.07) is 15.9. The first-order chi connectivity index (χ1) is 11.3. The van der Waals surface area contributed by atoms with Gasteiger partial charge in [0.15, 0.2) is 0 Å². The van der Waals surface area contributed by atoms with E-state index in [4.69, 9.17) is 0 Å². The van der Waals surface area contributed by atoms with E-state index in [1.54, 1.807) is 6.08 Å². The molecule has 24 heavy (non-hydrogen) atoms. The van der Waals surface area contributed by atoms with Crippen molar-refractivity contribution in [3.8, 4) is 0 Å². The third kappa shape index (κ3) is 5.04. The molecule has 2 aromatic carbocycles. The summed E-state index contributed by atoms with van der Waals surface area (Å²) < 4.78 is 14.4. The predicted molar refractivity (Wildman–Crippen MR) is 99.8 cm³/mol. The number of benzene rings is 2. The van der Waals surface area contributed by atoms with Gasteiger partial charge in [0.2, 0.25) is 0 Å². The molecule has 0 aliphatic heterocycles. The molecule has 0 heterocycles. The maximum atomic E-state index is 14.4. The standard InChI is InChI=1S/C22H27FO/c1-16-5-9-18(10-6-16)19(15-24)14-21(23)13-17-7-11-20(12-8-17)22(2,3)4/h5-13,19,24H,14-15H2,1-4H3/b21-13-. The van der Waals surface area contributed by atoms with Gasteiger partial charge in [-0.15, -0.1) is 0 Å². The molecule has 1 atom stereocenters. The summed E-state index contributed by atoms with van der Waals surface area (Å²) in [5.74, 6) is -0.422. The second kappa shape index (κ2) is 7.76. The molecule has 1 unspecified atom stereocenters. The molecule has 0 aliphatic rings. The minimum atomic E-state index is -0.212. The molecule has 0 radical (unpaired) electrons. The molecular weight excluding hydrogens is 299 g/mol. The Morgan fingerprint density at radius 2 is 1.62 bits per heavy atom. The van der Waals surface area contributed by atoms with E-state index in [0.717, 1.165) is 16.7 Å². The fraction of sp³-hybridized carbons (Fsp3) is 0.364. The molecule has 0 amide bonds. The molecule has 0 aliphatic carbocycles. The van der Waals surface area contributed by atoms with Crippen LogP contribution in [0.3, 0.4) is 0 Å². The Morgan fingerprint density at radius 3 is 2.12 bits per heavy atom. The third-order valence-corrected chi connectivity index (χ3v) is 4.31. The van der Waals surface area contributed by atoms with Crippen molar-refractivity contribution >= 4 is 6.08 Å². The third-order valence-electron chi connectivity index (χ3n) is 4.31. The number of rotatable bonds is 5. The SMILES string of the molecule is Cc1ccc(C(CO)C/C(F)=C/c2ccc(C(C)(C)C)cc2)cc1. The zero-order valence-electron chi connectivity index (χ0n) is 15.0. The van der Waals surface area contributed by atoms with Crippen LogP contribution < -0.4 is 0 Å². The molecule has 2 aromatic rings. The van der Waals surface area contributed by atoms with Crippen molar-refractivity contribution in [1.82, 2.24) is 0 Å². The summed E-state index contributed by atoms with van der Waals surface area (Å²) in [4.78, 5) is 0. The van der Waals surface area contributed by atoms with Gasteiger partial charge in [0.25, 0.3) is 0 Å². The Labute approximate surface area is 144 Å². The van der Waals surface area contributed by atoms with Crippen LogP contribution in [0.2, 0.25) is 0 Å². The lowest BCUT2D eigenvalue weighted by Crippen LogP contribution is -2.10. The van der Waals surface area contributed by atoms with Crippen LogP contribution in [0.1, 0.15) is 55.4 Å². The molecule has 0 aromatic heterocycles. The highest BCUT2D eigenvalue weighted by molar-refractivity contribution is 5.52. The normalized spacial score (nSPS) is 13.8. The van der Waals surface area contributed by atoms with E-state index < -0.39 is 0 Å². The van der Waals surface area contributed by atoms with E-state index >= 15 is 0 Å². The Bertz CT molecular complexity index is 675. The maximum Gasteiger partial charge on any atom is 0.101 e. The van der Waals surface area contributed by atoms with E-state index in [2.05, 4.69) is 20.8 Å². The van der Waals surface area contributed by atoms with E-state index in [9.17, 15) is 9.50 Å². The van der Waals surface area contributed by atoms with E-state index in [1.165, 1.54) is 5.56 Å². The van der Waals surface area contributed by atoms with Gasteiger partial charge in [0.1, 0.15) is 5.83 Å². The van der Waals surface area contributed by atoms with E-state index in [1.807, 2.05) is 55.5 Å². The summed E-state index contributed by atoms with van der Waals surface area (Å²) in [5.41, 5.74) is 4.29. The number of hydrogen-bond acceptors (Lipinski definition) is 1. The van der Waals surface area contributed by atoms with Gasteiger partial charge in [0.05, 0.1) is 6.61 Å². The van der Waals surface area contributed by atoms with Crippen molar-refractivity contribution in [2.75, 3.05) is 6.61 Å². The van der Waals surface area contributed by atoms with Gasteiger partial charge in [-0.3, -0.25) is 0 Å². The zero-order chi connectivity index (χ0) is 17.7. The fourth-order valence-corrected chi connectivity index (χ4v) is 2.68. The quantitative estimate of drug-likeness (QED) is 0.739. The van der Waals surface area contributed by atoms with Gasteiger partial charge in [0, 0.05) is 12.3 Å². The first-order valence-corrected chi connectivity index (χ1v) is 8.43. The first-order valence-electron chi connectivity index (χ1n) is 8.43. The van der Waals surface area contributed by atoms with Crippen LogP contribution in [0.4, 0.5) is 4.39 Å². The minimum absolute atomic E-state index is 0.0622. The molecule has 0 saturated heterocycles. The number of aliphatic hydroxyl groups excluding tert-OH is 1. The summed E-state index contributed by atoms with van der Waals surface area (Å²) in [6.07, 6.45) is 1.77. The molecule has 2 heteroatoms. The van der Waals surface area contributed by atoms with Crippen LogP contribution in [0.15, 0.2) is 54.4 Å². The van der Waals surface area contributed by atoms with Gasteiger partial charge in [-0.25, -0.2) is 4.39 Å². The Hall–Kier alpha value is -1.93. The molecule has 2 rings (SSSR count). The molecule has 0 spiro atoms. The van der Waals surface area contributed by atoms with Crippen LogP contribution in [0, 0.1) is 6.92 Å². The first kappa shape index (κ1) is 18.4. The topological polar surface area (TPSA) is 20.2 Å². The van der Waals surface area contributed by atoms with Crippen LogP contribution in [0.5, 0.6) is 0 Å². The van der Waals surface area contributed by atoms with Gasteiger partial charge in [-0.05, 0) is 35.1 Å². The Kier molecular flexibility index (Phi) is 5.95. The van der Waals surface area contributed by atoms with Crippen molar-refractivity contribution in [3.63, 3.8) is 0 Å². The predicted octanol–water partition coefficient (Wildman–Crippen LogP) is 5.77. The van der Waals surface area contributed by atoms with Crippen LogP contribution in [-0.2, 0) is 5.41 Å². The van der Waals surface area contributed by atoms with Crippen molar-refractivity contribution in [2.45, 2.75) is 45.4 Å². The highest BCUT2D eigenvalue weighted by Crippen LogP contribution is 2.27. The zero-order valence-corrected chi connectivity index (χ0v) is 15.0. The molecular formula is C22H27FO. The van der Waals surface area contributed by atoms with Crippen LogP contribution in [-0.4, -0.2) is 11.7 Å². The molecule has 0 bridgehead atoms. The second-order valence-corrected chi connectivity index (χ2v) is 7.46. The summed E-state index contributed by atoms with van der Waals surface area (Å²) in [7, 11) is 0. The average Bonchev–Trinajstić information content (AvgIpc) is 2.53. The lowest BCUT2D eigenvalue weighted by molar-refractivity contribution is 0.260. The minimum Gasteiger partial charge on any atom is -0.396 e. The fourth-order valence-electron chi connectivity index (χ4n) is 2.68. The number of hydrogen-bond donors (Lipinski definition) is 1. The lowest BCUT2D eigenvalue weighted by Gasteiger charge is -2.18. The number of aryl methyl sites for hydroxylation is 1. The summed E-state index contributed by atoms with van der Waals surface area (Å²) in [5, 5.41) is 9.60. The Morgan fingerprint density at radius 1 is 1.04 bits per heavy atom. The lowest BCUT2D eigenvalue weighted by atomic mass is 9.86. The monoisotopic (exact) mass is 326 g/mol. The molecule has 128 valence electrons. The Balaban J connectivity index is 2.10. The molecule has 1 N–H and O–H groups in total. The number of aliphatic hydroxyl groups is 1. The summed E-state index contributed by atoms with van der Waals surface area (Å²) in [6.45, 7) is 8.43. The van der Waals surface area contributed by atoms with Crippen molar-refractivity contribution in [2.24, 2.45) is 0 Å². The van der Waals surface area contributed by atoms with Crippen LogP contribution in [0.25, 0.3) is 6.08 Å². The summed E-state index contributed by atoms with van der Waals surface area (Å²) >= 11 is 0. The largest absolute Gasteiger partial charge is 0.396 e. The van der Waals surface area contributed by atoms with Gasteiger partial charge in [-0.1, -0.05) is 74.9 Å². The van der Waals surface area contributed by atoms with Gasteiger partial charge in [-0.2, -0.15) is 0 Å². The molecule has 0 fully saturated rings. The molecule has 0 saturated carbocycles. The smallest absolute Gasteiger partial charge is 0.101 e. The van der Waals surface area contributed by atoms with Crippen molar-refractivity contribution < 1.29 is 9.50 Å². The maximum absolute atomic E-state index is 14.4. The highest BCUT2D eigenvalue weighted by atomic mass is 19.1. The average molecular weight is 326 g/mol. The van der Waals surface area contributed by atoms with Gasteiger partial charge >= 0.3 is 0 Å². The van der Waals surface area contributed by atoms with E-state index in [0.29, 0.717) is 0 Å².